The predicted molar refractivity (Wildman–Crippen MR) is 119 cm³/mol. The minimum absolute atomic E-state index is 0. The van der Waals surface area contributed by atoms with Gasteiger partial charge < -0.3 is 68.5 Å². The third-order valence-electron chi connectivity index (χ3n) is 0.632. The molecule has 0 aliphatic rings. The monoisotopic (exact) mass is 510 g/mol. The van der Waals surface area contributed by atoms with E-state index in [9.17, 15) is 0 Å². The third kappa shape index (κ3) is 968. The van der Waals surface area contributed by atoms with Crippen molar-refractivity contribution in [1.29, 1.82) is 0 Å². The summed E-state index contributed by atoms with van der Waals surface area (Å²) in [6.07, 6.45) is 2.50. The normalized spacial score (nSPS) is 6.62. The van der Waals surface area contributed by atoms with Crippen LogP contribution in [0.25, 0.3) is 0 Å². The first-order valence-corrected chi connectivity index (χ1v) is 9.36. The van der Waals surface area contributed by atoms with Crippen LogP contribution in [-0.4, -0.2) is 93.7 Å². The van der Waals surface area contributed by atoms with Crippen molar-refractivity contribution >= 4 is 0 Å². The van der Waals surface area contributed by atoms with E-state index >= 15 is 0 Å². The van der Waals surface area contributed by atoms with E-state index in [0.29, 0.717) is 25.7 Å². The molecule has 0 fully saturated rings. The molecule has 0 amide bonds. The van der Waals surface area contributed by atoms with Crippen LogP contribution in [0.1, 0.15) is 53.4 Å². The molecular weight excluding hydrogens is 459 g/mol. The maximum atomic E-state index is 7.81. The SMILES string of the molecule is CCO.CCO.CCO.CCO.[CH2-]CCO.[CH2-]CCO.[CH2-]CCO.[CH2-]CCO.[Zr+4]. The molecule has 0 rings (SSSR count). The number of hydrogen-bond donors (Lipinski definition) is 8. The Bertz CT molecular complexity index is 84.5. The van der Waals surface area contributed by atoms with Gasteiger partial charge in [0, 0.05) is 52.9 Å². The molecule has 0 saturated heterocycles. The van der Waals surface area contributed by atoms with Gasteiger partial charge in [0.1, 0.15) is 0 Å². The molecule has 0 radical (unpaired) electrons. The summed E-state index contributed by atoms with van der Waals surface area (Å²) in [7, 11) is 0. The van der Waals surface area contributed by atoms with Crippen molar-refractivity contribution in [3.8, 4) is 0 Å². The van der Waals surface area contributed by atoms with Crippen molar-refractivity contribution < 1.29 is 67.1 Å². The van der Waals surface area contributed by atoms with Gasteiger partial charge >= 0.3 is 26.2 Å². The summed E-state index contributed by atoms with van der Waals surface area (Å²) in [5, 5.41) is 61.5. The minimum Gasteiger partial charge on any atom is -0.399 e. The van der Waals surface area contributed by atoms with Gasteiger partial charge in [-0.05, 0) is 27.7 Å². The molecule has 8 nitrogen and oxygen atoms in total. The number of aliphatic hydroxyl groups is 8. The Morgan fingerprint density at radius 2 is 0.414 bits per heavy atom. The summed E-state index contributed by atoms with van der Waals surface area (Å²) >= 11 is 0. The number of hydrogen-bond acceptors (Lipinski definition) is 8. The van der Waals surface area contributed by atoms with E-state index in [-0.39, 0.29) is 79.1 Å². The molecule has 29 heavy (non-hydrogen) atoms. The first-order valence-electron chi connectivity index (χ1n) is 9.36. The first-order chi connectivity index (χ1) is 13.3. The molecule has 0 bridgehead atoms. The Balaban J connectivity index is -0.0000000225. The molecule has 0 heterocycles. The van der Waals surface area contributed by atoms with E-state index in [1.165, 1.54) is 0 Å². The Kier molecular flexibility index (Phi) is 270. The zero-order valence-electron chi connectivity index (χ0n) is 19.4. The Morgan fingerprint density at radius 1 is 0.379 bits per heavy atom. The van der Waals surface area contributed by atoms with Gasteiger partial charge in [-0.2, -0.15) is 25.7 Å². The van der Waals surface area contributed by atoms with Crippen LogP contribution < -0.4 is 0 Å². The zero-order valence-corrected chi connectivity index (χ0v) is 21.8. The summed E-state index contributed by atoms with van der Waals surface area (Å²) in [6, 6.07) is 0. The van der Waals surface area contributed by atoms with Gasteiger partial charge in [0.05, 0.1) is 0 Å². The first kappa shape index (κ1) is 57.0. The fourth-order valence-corrected chi connectivity index (χ4v) is 0. The number of rotatable bonds is 4. The van der Waals surface area contributed by atoms with Crippen molar-refractivity contribution in [2.45, 2.75) is 53.4 Å². The van der Waals surface area contributed by atoms with Crippen LogP contribution in [-0.2, 0) is 26.2 Å². The predicted octanol–water partition coefficient (Wildman–Crippen LogP) is 0.803. The van der Waals surface area contributed by atoms with E-state index in [1.807, 2.05) is 0 Å². The third-order valence-corrected chi connectivity index (χ3v) is 0.632. The van der Waals surface area contributed by atoms with Gasteiger partial charge in [0.25, 0.3) is 0 Å². The molecule has 0 spiro atoms. The second kappa shape index (κ2) is 137. The van der Waals surface area contributed by atoms with Crippen molar-refractivity contribution in [2.75, 3.05) is 52.9 Å². The smallest absolute Gasteiger partial charge is 0.399 e. The van der Waals surface area contributed by atoms with Crippen molar-refractivity contribution in [2.24, 2.45) is 0 Å². The molecule has 8 N–H and O–H groups in total. The molecule has 0 aromatic heterocycles. The van der Waals surface area contributed by atoms with Crippen molar-refractivity contribution in [3.63, 3.8) is 0 Å². The molecule has 0 atom stereocenters. The zero-order chi connectivity index (χ0) is 24.5. The largest absolute Gasteiger partial charge is 4.00 e. The second-order valence-electron chi connectivity index (χ2n) is 3.57. The van der Waals surface area contributed by atoms with Gasteiger partial charge in [-0.15, -0.1) is 0 Å². The van der Waals surface area contributed by atoms with E-state index in [1.54, 1.807) is 27.7 Å². The molecule has 184 valence electrons. The topological polar surface area (TPSA) is 162 Å². The standard InChI is InChI=1S/4C3H7O.4C2H6O.Zr/c4*1-2-3-4;4*1-2-3;/h4*4H,1-3H2;4*3H,2H2,1H3;/q4*-1;;;;;+4. The second-order valence-corrected chi connectivity index (χ2v) is 3.57. The minimum atomic E-state index is 0. The van der Waals surface area contributed by atoms with Gasteiger partial charge in [0.2, 0.25) is 0 Å². The molecule has 9 heteroatoms. The molecule has 0 saturated carbocycles. The molecule has 0 aliphatic carbocycles. The molecular formula is C20H52O8Zr. The van der Waals surface area contributed by atoms with Gasteiger partial charge in [0.15, 0.2) is 0 Å². The van der Waals surface area contributed by atoms with E-state index in [2.05, 4.69) is 27.7 Å². The molecule has 0 aromatic rings. The summed E-state index contributed by atoms with van der Waals surface area (Å²) in [4.78, 5) is 0. The Morgan fingerprint density at radius 3 is 0.414 bits per heavy atom. The quantitative estimate of drug-likeness (QED) is 0.257. The van der Waals surface area contributed by atoms with Gasteiger partial charge in [-0.25, -0.2) is 0 Å². The summed E-state index contributed by atoms with van der Waals surface area (Å²) in [5.41, 5.74) is 0. The summed E-state index contributed by atoms with van der Waals surface area (Å²) in [5.74, 6) is 0. The molecule has 0 unspecified atom stereocenters. The van der Waals surface area contributed by atoms with E-state index in [4.69, 9.17) is 40.9 Å². The molecule has 0 aromatic carbocycles. The number of aliphatic hydroxyl groups excluding tert-OH is 8. The van der Waals surface area contributed by atoms with Crippen LogP contribution in [0.4, 0.5) is 0 Å². The summed E-state index contributed by atoms with van der Waals surface area (Å²) < 4.78 is 0. The maximum Gasteiger partial charge on any atom is 4.00 e. The van der Waals surface area contributed by atoms with Crippen LogP contribution in [0.3, 0.4) is 0 Å². The van der Waals surface area contributed by atoms with Crippen LogP contribution in [0.5, 0.6) is 0 Å². The Labute approximate surface area is 200 Å². The van der Waals surface area contributed by atoms with Crippen LogP contribution >= 0.6 is 0 Å². The van der Waals surface area contributed by atoms with Crippen LogP contribution in [0.15, 0.2) is 0 Å². The van der Waals surface area contributed by atoms with Crippen LogP contribution in [0, 0.1) is 27.7 Å². The average molecular weight is 512 g/mol. The van der Waals surface area contributed by atoms with Crippen molar-refractivity contribution in [1.82, 2.24) is 0 Å². The molecule has 0 aliphatic heterocycles. The van der Waals surface area contributed by atoms with Gasteiger partial charge in [-0.3, -0.25) is 0 Å². The van der Waals surface area contributed by atoms with E-state index < -0.39 is 0 Å². The summed E-state index contributed by atoms with van der Waals surface area (Å²) in [6.45, 7) is 22.0. The Hall–Kier alpha value is 0.563. The van der Waals surface area contributed by atoms with Crippen LogP contribution in [0.2, 0.25) is 0 Å². The fraction of sp³-hybridized carbons (Fsp3) is 0.800. The average Bonchev–Trinajstić information content (AvgIpc) is 2.70. The maximum absolute atomic E-state index is 7.81. The van der Waals surface area contributed by atoms with Crippen molar-refractivity contribution in [3.05, 3.63) is 27.7 Å². The fourth-order valence-electron chi connectivity index (χ4n) is 0. The van der Waals surface area contributed by atoms with E-state index in [0.717, 1.165) is 0 Å². The van der Waals surface area contributed by atoms with Gasteiger partial charge in [-0.1, -0.05) is 0 Å².